The lowest BCUT2D eigenvalue weighted by atomic mass is 9.93. The van der Waals surface area contributed by atoms with Crippen LogP contribution in [0.25, 0.3) is 0 Å². The summed E-state index contributed by atoms with van der Waals surface area (Å²) in [7, 11) is 0. The average molecular weight is 258 g/mol. The Bertz CT molecular complexity index is 453. The van der Waals surface area contributed by atoms with Crippen LogP contribution in [0.4, 0.5) is 0 Å². The van der Waals surface area contributed by atoms with Gasteiger partial charge in [-0.25, -0.2) is 0 Å². The molecule has 2 fully saturated rings. The topological polar surface area (TPSA) is 32.3 Å². The Kier molecular flexibility index (Phi) is 3.31. The van der Waals surface area contributed by atoms with E-state index in [0.717, 1.165) is 38.9 Å². The van der Waals surface area contributed by atoms with Gasteiger partial charge in [-0.05, 0) is 38.3 Å². The predicted octanol–water partition coefficient (Wildman–Crippen LogP) is 1.93. The molecule has 3 nitrogen and oxygen atoms in total. The van der Waals surface area contributed by atoms with Crippen LogP contribution in [0.15, 0.2) is 30.3 Å². The first-order valence-corrected chi connectivity index (χ1v) is 7.31. The van der Waals surface area contributed by atoms with E-state index in [1.54, 1.807) is 0 Å². The zero-order valence-corrected chi connectivity index (χ0v) is 11.6. The van der Waals surface area contributed by atoms with Gasteiger partial charge in [0, 0.05) is 19.1 Å². The van der Waals surface area contributed by atoms with Gasteiger partial charge in [0.05, 0.1) is 5.41 Å². The fourth-order valence-corrected chi connectivity index (χ4v) is 3.10. The molecule has 1 aromatic rings. The molecule has 0 bridgehead atoms. The molecular formula is C16H22N2O. The van der Waals surface area contributed by atoms with Crippen molar-refractivity contribution in [2.45, 2.75) is 37.6 Å². The van der Waals surface area contributed by atoms with Crippen LogP contribution >= 0.6 is 0 Å². The Balaban J connectivity index is 1.83. The number of rotatable bonds is 2. The van der Waals surface area contributed by atoms with Crippen LogP contribution in [0.3, 0.4) is 0 Å². The molecule has 1 amide bonds. The van der Waals surface area contributed by atoms with Crippen molar-refractivity contribution < 1.29 is 4.79 Å². The number of hydrogen-bond donors (Lipinski definition) is 1. The van der Waals surface area contributed by atoms with Crippen LogP contribution < -0.4 is 5.32 Å². The molecule has 0 radical (unpaired) electrons. The maximum Gasteiger partial charge on any atom is 0.233 e. The van der Waals surface area contributed by atoms with E-state index in [2.05, 4.69) is 29.3 Å². The highest BCUT2D eigenvalue weighted by Gasteiger charge is 2.53. The molecular weight excluding hydrogens is 236 g/mol. The van der Waals surface area contributed by atoms with Crippen molar-refractivity contribution in [3.05, 3.63) is 35.9 Å². The van der Waals surface area contributed by atoms with Crippen LogP contribution in [-0.4, -0.2) is 36.5 Å². The maximum absolute atomic E-state index is 12.9. The molecule has 2 aliphatic rings. The minimum Gasteiger partial charge on any atom is -0.338 e. The van der Waals surface area contributed by atoms with E-state index in [9.17, 15) is 4.79 Å². The van der Waals surface area contributed by atoms with Gasteiger partial charge >= 0.3 is 0 Å². The molecule has 1 unspecified atom stereocenters. The Hall–Kier alpha value is -1.35. The van der Waals surface area contributed by atoms with Gasteiger partial charge in [-0.1, -0.05) is 30.3 Å². The van der Waals surface area contributed by atoms with Crippen molar-refractivity contribution in [2.24, 2.45) is 0 Å². The van der Waals surface area contributed by atoms with Gasteiger partial charge in [-0.2, -0.15) is 0 Å². The lowest BCUT2D eigenvalue weighted by Gasteiger charge is -2.31. The highest BCUT2D eigenvalue weighted by atomic mass is 16.2. The summed E-state index contributed by atoms with van der Waals surface area (Å²) in [6.07, 6.45) is 3.07. The monoisotopic (exact) mass is 258 g/mol. The van der Waals surface area contributed by atoms with Crippen molar-refractivity contribution in [3.63, 3.8) is 0 Å². The van der Waals surface area contributed by atoms with Gasteiger partial charge in [0.25, 0.3) is 0 Å². The minimum atomic E-state index is -0.208. The first kappa shape index (κ1) is 12.7. The highest BCUT2D eigenvalue weighted by molar-refractivity contribution is 5.91. The Morgan fingerprint density at radius 2 is 2.05 bits per heavy atom. The predicted molar refractivity (Wildman–Crippen MR) is 76.0 cm³/mol. The Labute approximate surface area is 115 Å². The minimum absolute atomic E-state index is 0.208. The maximum atomic E-state index is 12.9. The summed E-state index contributed by atoms with van der Waals surface area (Å²) >= 11 is 0. The lowest BCUT2D eigenvalue weighted by Crippen LogP contribution is -2.46. The van der Waals surface area contributed by atoms with Gasteiger partial charge < -0.3 is 10.2 Å². The SMILES string of the molecule is CC1CNCCCN1C(=O)C1(c2ccccc2)CC1. The molecule has 1 saturated carbocycles. The van der Waals surface area contributed by atoms with Crippen LogP contribution in [0.2, 0.25) is 0 Å². The van der Waals surface area contributed by atoms with Crippen molar-refractivity contribution >= 4 is 5.91 Å². The highest BCUT2D eigenvalue weighted by Crippen LogP contribution is 2.49. The van der Waals surface area contributed by atoms with Gasteiger partial charge in [0.1, 0.15) is 0 Å². The Morgan fingerprint density at radius 3 is 2.74 bits per heavy atom. The van der Waals surface area contributed by atoms with E-state index in [0.29, 0.717) is 11.9 Å². The van der Waals surface area contributed by atoms with Crippen LogP contribution in [-0.2, 0) is 10.2 Å². The molecule has 1 saturated heterocycles. The first-order chi connectivity index (χ1) is 9.24. The van der Waals surface area contributed by atoms with Gasteiger partial charge in [-0.3, -0.25) is 4.79 Å². The number of hydrogen-bond acceptors (Lipinski definition) is 2. The zero-order chi connectivity index (χ0) is 13.3. The summed E-state index contributed by atoms with van der Waals surface area (Å²) in [5.41, 5.74) is 0.990. The van der Waals surface area contributed by atoms with E-state index >= 15 is 0 Å². The fourth-order valence-electron chi connectivity index (χ4n) is 3.10. The second kappa shape index (κ2) is 4.97. The molecule has 3 heteroatoms. The largest absolute Gasteiger partial charge is 0.338 e. The number of nitrogens with one attached hydrogen (secondary N) is 1. The summed E-state index contributed by atoms with van der Waals surface area (Å²) in [5.74, 6) is 0.343. The van der Waals surface area contributed by atoms with Crippen molar-refractivity contribution in [2.75, 3.05) is 19.6 Å². The van der Waals surface area contributed by atoms with Gasteiger partial charge in [0.2, 0.25) is 5.91 Å². The van der Waals surface area contributed by atoms with E-state index < -0.39 is 0 Å². The van der Waals surface area contributed by atoms with Crippen LogP contribution in [0.5, 0.6) is 0 Å². The van der Waals surface area contributed by atoms with Crippen molar-refractivity contribution in [3.8, 4) is 0 Å². The third kappa shape index (κ3) is 2.27. The van der Waals surface area contributed by atoms with Crippen LogP contribution in [0, 0.1) is 0 Å². The van der Waals surface area contributed by atoms with Crippen LogP contribution in [0.1, 0.15) is 31.7 Å². The Morgan fingerprint density at radius 1 is 1.32 bits per heavy atom. The third-order valence-corrected chi connectivity index (χ3v) is 4.47. The number of benzene rings is 1. The average Bonchev–Trinajstić information content (AvgIpc) is 3.25. The summed E-state index contributed by atoms with van der Waals surface area (Å²) in [5, 5.41) is 3.40. The first-order valence-electron chi connectivity index (χ1n) is 7.31. The van der Waals surface area contributed by atoms with Gasteiger partial charge in [-0.15, -0.1) is 0 Å². The summed E-state index contributed by atoms with van der Waals surface area (Å²) in [4.78, 5) is 15.0. The van der Waals surface area contributed by atoms with E-state index in [-0.39, 0.29) is 5.41 Å². The molecule has 1 aliphatic carbocycles. The molecule has 1 N–H and O–H groups in total. The second-order valence-electron chi connectivity index (χ2n) is 5.85. The van der Waals surface area contributed by atoms with E-state index in [1.807, 2.05) is 18.2 Å². The normalized spacial score (nSPS) is 25.7. The summed E-state index contributed by atoms with van der Waals surface area (Å²) < 4.78 is 0. The molecule has 1 aromatic carbocycles. The van der Waals surface area contributed by atoms with E-state index in [4.69, 9.17) is 0 Å². The number of amides is 1. The fraction of sp³-hybridized carbons (Fsp3) is 0.562. The summed E-state index contributed by atoms with van der Waals surface area (Å²) in [6, 6.07) is 10.6. The van der Waals surface area contributed by atoms with Crippen molar-refractivity contribution in [1.29, 1.82) is 0 Å². The quantitative estimate of drug-likeness (QED) is 0.879. The standard InChI is InChI=1S/C16H22N2O/c1-13-12-17-10-5-11-18(13)15(19)16(8-9-16)14-6-3-2-4-7-14/h2-4,6-7,13,17H,5,8-12H2,1H3. The lowest BCUT2D eigenvalue weighted by molar-refractivity contribution is -0.135. The molecule has 102 valence electrons. The smallest absolute Gasteiger partial charge is 0.233 e. The third-order valence-electron chi connectivity index (χ3n) is 4.47. The second-order valence-corrected chi connectivity index (χ2v) is 5.85. The van der Waals surface area contributed by atoms with E-state index in [1.165, 1.54) is 5.56 Å². The van der Waals surface area contributed by atoms with Crippen molar-refractivity contribution in [1.82, 2.24) is 10.2 Å². The molecule has 0 aromatic heterocycles. The molecule has 1 heterocycles. The zero-order valence-electron chi connectivity index (χ0n) is 11.6. The number of nitrogens with zero attached hydrogens (tertiary/aromatic N) is 1. The number of carbonyl (C=O) groups excluding carboxylic acids is 1. The molecule has 0 spiro atoms. The molecule has 3 rings (SSSR count). The molecule has 1 aliphatic heterocycles. The van der Waals surface area contributed by atoms with Gasteiger partial charge in [0.15, 0.2) is 0 Å². The summed E-state index contributed by atoms with van der Waals surface area (Å²) in [6.45, 7) is 4.97. The number of carbonyl (C=O) groups is 1. The molecule has 19 heavy (non-hydrogen) atoms. The molecule has 1 atom stereocenters.